The Morgan fingerprint density at radius 3 is 0.654 bits per heavy atom. The monoisotopic (exact) mass is 1490 g/mol. The summed E-state index contributed by atoms with van der Waals surface area (Å²) in [5, 5.41) is 9.06. The summed E-state index contributed by atoms with van der Waals surface area (Å²) in [6, 6.07) is 14.0. The Bertz CT molecular complexity index is 5110. The minimum absolute atomic E-state index is 0.144. The summed E-state index contributed by atoms with van der Waals surface area (Å²) in [5.74, 6) is 0. The minimum atomic E-state index is -5.80. The predicted molar refractivity (Wildman–Crippen MR) is 317 cm³/mol. The first-order valence-corrected chi connectivity index (χ1v) is 29.0. The maximum atomic E-state index is 15.4. The third-order valence-corrected chi connectivity index (χ3v) is 16.9. The Morgan fingerprint density at radius 1 is 0.231 bits per heavy atom. The van der Waals surface area contributed by atoms with Gasteiger partial charge in [0.15, 0.2) is 0 Å². The van der Waals surface area contributed by atoms with Crippen molar-refractivity contribution in [1.82, 2.24) is 9.13 Å². The van der Waals surface area contributed by atoms with E-state index in [1.165, 1.54) is 6.07 Å². The lowest BCUT2D eigenvalue weighted by Gasteiger charge is -2.23. The summed E-state index contributed by atoms with van der Waals surface area (Å²) in [6.45, 7) is 0. The van der Waals surface area contributed by atoms with Gasteiger partial charge in [0.05, 0.1) is 101 Å². The van der Waals surface area contributed by atoms with E-state index in [0.29, 0.717) is 18.2 Å². The maximum Gasteiger partial charge on any atom is 0.417 e. The second-order valence-electron chi connectivity index (χ2n) is 23.5. The molecule has 0 saturated carbocycles. The molecule has 0 aliphatic carbocycles. The predicted octanol–water partition coefficient (Wildman–Crippen LogP) is 26.3. The van der Waals surface area contributed by atoms with Gasteiger partial charge in [0.1, 0.15) is 0 Å². The van der Waals surface area contributed by atoms with Crippen LogP contribution in [-0.4, -0.2) is 9.13 Å². The number of aromatic nitrogens is 2. The standard InChI is InChI=1S/C71H29F30N3/c72-62(73,74)40-12-35(13-41(25-40)63(75,76)77)31-4-8-55-49(20-31)50-21-32(36-14-42(64(78,79)80)26-43(15-36)65(81,82)83)5-9-56(50)103(55)59-24-39(30-102)48(61-53(70(96,97)98)2-1-3-54(61)71(99,100)101)29-60(59)104-57-10-6-33(37-16-44(66(84,85)86)27-45(17-37)67(87,88)89)22-51(57)52-23-34(7-11-58(52)104)38-18-46(68(90,91)92)28-47(19-38)69(93,94)95/h1-29H. The highest BCUT2D eigenvalue weighted by atomic mass is 19.4. The van der Waals surface area contributed by atoms with Crippen LogP contribution in [0.15, 0.2) is 176 Å². The number of rotatable bonds is 7. The number of halogens is 30. The lowest BCUT2D eigenvalue weighted by atomic mass is 9.89. The van der Waals surface area contributed by atoms with E-state index in [0.717, 1.165) is 81.9 Å². The molecule has 3 nitrogen and oxygen atoms in total. The number of hydrogen-bond donors (Lipinski definition) is 0. The van der Waals surface area contributed by atoms with Crippen molar-refractivity contribution in [3.05, 3.63) is 237 Å². The van der Waals surface area contributed by atoms with Crippen molar-refractivity contribution in [2.24, 2.45) is 0 Å². The van der Waals surface area contributed by atoms with Gasteiger partial charge in [0.2, 0.25) is 0 Å². The molecule has 0 fully saturated rings. The van der Waals surface area contributed by atoms with Crippen LogP contribution in [0.4, 0.5) is 132 Å². The number of hydrogen-bond acceptors (Lipinski definition) is 1. The Morgan fingerprint density at radius 2 is 0.452 bits per heavy atom. The fourth-order valence-corrected chi connectivity index (χ4v) is 12.3. The molecule has 0 radical (unpaired) electrons. The molecule has 0 atom stereocenters. The Kier molecular flexibility index (Phi) is 16.9. The Labute approximate surface area is 560 Å². The van der Waals surface area contributed by atoms with Crippen LogP contribution in [-0.2, 0) is 61.8 Å². The van der Waals surface area contributed by atoms with E-state index in [9.17, 15) is 111 Å². The summed E-state index contributed by atoms with van der Waals surface area (Å²) < 4.78 is 441. The molecule has 0 amide bonds. The molecule has 2 aromatic heterocycles. The van der Waals surface area contributed by atoms with Crippen LogP contribution in [0.2, 0.25) is 0 Å². The van der Waals surface area contributed by atoms with Crippen LogP contribution in [0, 0.1) is 11.3 Å². The number of nitriles is 1. The topological polar surface area (TPSA) is 33.6 Å². The highest BCUT2D eigenvalue weighted by molar-refractivity contribution is 6.14. The Balaban J connectivity index is 1.28. The molecule has 0 bridgehead atoms. The third kappa shape index (κ3) is 13.6. The maximum absolute atomic E-state index is 15.4. The van der Waals surface area contributed by atoms with Crippen LogP contribution in [0.3, 0.4) is 0 Å². The van der Waals surface area contributed by atoms with E-state index < -0.39 is 234 Å². The van der Waals surface area contributed by atoms with Crippen molar-refractivity contribution in [3.8, 4) is 73.1 Å². The quantitative estimate of drug-likeness (QED) is 0.146. The zero-order chi connectivity index (χ0) is 76.3. The summed E-state index contributed by atoms with van der Waals surface area (Å²) in [5.41, 5.74) is -33.4. The van der Waals surface area contributed by atoms with Gasteiger partial charge in [-0.15, -0.1) is 0 Å². The van der Waals surface area contributed by atoms with E-state index in [2.05, 4.69) is 0 Å². The second kappa shape index (κ2) is 24.1. The average molecular weight is 1490 g/mol. The largest absolute Gasteiger partial charge is 0.417 e. The van der Waals surface area contributed by atoms with Gasteiger partial charge in [-0.05, 0) is 190 Å². The van der Waals surface area contributed by atoms with Crippen molar-refractivity contribution in [3.63, 3.8) is 0 Å². The smallest absolute Gasteiger partial charge is 0.307 e. The zero-order valence-electron chi connectivity index (χ0n) is 50.4. The molecule has 538 valence electrons. The molecule has 0 saturated heterocycles. The first-order chi connectivity index (χ1) is 47.8. The number of fused-ring (bicyclic) bond motifs is 6. The van der Waals surface area contributed by atoms with Crippen LogP contribution < -0.4 is 0 Å². The summed E-state index contributed by atoms with van der Waals surface area (Å²) in [6.07, 6.45) is -55.8. The third-order valence-electron chi connectivity index (χ3n) is 16.9. The molecule has 0 unspecified atom stereocenters. The van der Waals surface area contributed by atoms with Gasteiger partial charge in [-0.2, -0.15) is 137 Å². The van der Waals surface area contributed by atoms with Crippen molar-refractivity contribution >= 4 is 43.6 Å². The highest BCUT2D eigenvalue weighted by Gasteiger charge is 2.45. The highest BCUT2D eigenvalue weighted by Crippen LogP contribution is 2.52. The molecule has 2 heterocycles. The van der Waals surface area contributed by atoms with Crippen molar-refractivity contribution < 1.29 is 132 Å². The van der Waals surface area contributed by atoms with Crippen LogP contribution in [0.25, 0.3) is 111 Å². The Hall–Kier alpha value is -10.8. The zero-order valence-corrected chi connectivity index (χ0v) is 50.4. The van der Waals surface area contributed by atoms with Crippen LogP contribution in [0.5, 0.6) is 0 Å². The molecular weight excluding hydrogens is 1460 g/mol. The molecule has 10 aromatic carbocycles. The first kappa shape index (κ1) is 73.0. The first-order valence-electron chi connectivity index (χ1n) is 29.0. The van der Waals surface area contributed by atoms with Crippen molar-refractivity contribution in [2.45, 2.75) is 61.8 Å². The molecule has 0 N–H and O–H groups in total. The van der Waals surface area contributed by atoms with Gasteiger partial charge in [0.25, 0.3) is 0 Å². The average Bonchev–Trinajstić information content (AvgIpc) is 1.50. The van der Waals surface area contributed by atoms with Crippen LogP contribution in [0.1, 0.15) is 61.2 Å². The van der Waals surface area contributed by atoms with E-state index >= 15 is 26.3 Å². The SMILES string of the molecule is N#Cc1cc(-n2c3ccc(-c4cc(C(F)(F)F)cc(C(F)(F)F)c4)cc3c3cc(-c4cc(C(F)(F)F)cc(C(F)(F)F)c4)ccc32)c(-n2c3ccc(-c4cc(C(F)(F)F)cc(C(F)(F)F)c4)cc3c3cc(-c4cc(C(F)(F)F)cc(C(F)(F)F)c4)ccc32)cc1-c1c(C(F)(F)F)cccc1C(F)(F)F. The number of alkyl halides is 30. The van der Waals surface area contributed by atoms with Gasteiger partial charge < -0.3 is 9.13 Å². The molecule has 12 aromatic rings. The van der Waals surface area contributed by atoms with Gasteiger partial charge in [-0.25, -0.2) is 0 Å². The van der Waals surface area contributed by atoms with Gasteiger partial charge in [-0.3, -0.25) is 0 Å². The fraction of sp³-hybridized carbons (Fsp3) is 0.141. The lowest BCUT2D eigenvalue weighted by molar-refractivity contribution is -0.144. The number of benzene rings is 10. The van der Waals surface area contributed by atoms with E-state index in [1.54, 1.807) is 0 Å². The van der Waals surface area contributed by atoms with E-state index in [-0.39, 0.29) is 84.9 Å². The van der Waals surface area contributed by atoms with Gasteiger partial charge in [0, 0.05) is 32.7 Å². The van der Waals surface area contributed by atoms with E-state index in [1.807, 2.05) is 0 Å². The molecular formula is C71H29F30N3. The summed E-state index contributed by atoms with van der Waals surface area (Å²) in [4.78, 5) is 0. The second-order valence-corrected chi connectivity index (χ2v) is 23.5. The molecule has 12 rings (SSSR count). The fourth-order valence-electron chi connectivity index (χ4n) is 12.3. The van der Waals surface area contributed by atoms with Crippen molar-refractivity contribution in [1.29, 1.82) is 5.26 Å². The molecule has 0 spiro atoms. The van der Waals surface area contributed by atoms with Gasteiger partial charge >= 0.3 is 61.8 Å². The summed E-state index contributed by atoms with van der Waals surface area (Å²) >= 11 is 0. The normalized spacial score (nSPS) is 13.5. The molecule has 104 heavy (non-hydrogen) atoms. The van der Waals surface area contributed by atoms with Crippen LogP contribution >= 0.6 is 0 Å². The van der Waals surface area contributed by atoms with E-state index in [4.69, 9.17) is 0 Å². The number of nitrogens with zero attached hydrogens (tertiary/aromatic N) is 3. The van der Waals surface area contributed by atoms with Crippen molar-refractivity contribution in [2.75, 3.05) is 0 Å². The summed E-state index contributed by atoms with van der Waals surface area (Å²) in [7, 11) is 0. The van der Waals surface area contributed by atoms with Gasteiger partial charge in [-0.1, -0.05) is 30.3 Å². The molecule has 0 aliphatic rings. The molecule has 33 heteroatoms. The molecule has 0 aliphatic heterocycles. The minimum Gasteiger partial charge on any atom is -0.307 e. The lowest BCUT2D eigenvalue weighted by Crippen LogP contribution is -2.15.